The zero-order valence-corrected chi connectivity index (χ0v) is 24.2. The molecule has 10 nitrogen and oxygen atoms in total. The van der Waals surface area contributed by atoms with Crippen LogP contribution in [-0.2, 0) is 10.2 Å². The Kier molecular flexibility index (Phi) is 7.75. The van der Waals surface area contributed by atoms with E-state index in [0.717, 1.165) is 84.9 Å². The summed E-state index contributed by atoms with van der Waals surface area (Å²) in [6.07, 6.45) is -2.57. The van der Waals surface area contributed by atoms with Crippen LogP contribution in [0.5, 0.6) is 5.75 Å². The molecule has 0 radical (unpaired) electrons. The lowest BCUT2D eigenvalue weighted by Crippen LogP contribution is -2.38. The molecule has 4 heterocycles. The van der Waals surface area contributed by atoms with E-state index < -0.39 is 23.4 Å². The molecule has 2 aromatic carbocycles. The van der Waals surface area contributed by atoms with Gasteiger partial charge in [0.2, 0.25) is 0 Å². The van der Waals surface area contributed by atoms with Crippen molar-refractivity contribution in [1.29, 1.82) is 0 Å². The number of ether oxygens (including phenoxy) is 2. The monoisotopic (exact) mass is 614 g/mol. The lowest BCUT2D eigenvalue weighted by Gasteiger charge is -2.26. The van der Waals surface area contributed by atoms with Gasteiger partial charge in [-0.25, -0.2) is 9.78 Å². The predicted molar refractivity (Wildman–Crippen MR) is 157 cm³/mol. The lowest BCUT2D eigenvalue weighted by atomic mass is 9.89. The summed E-state index contributed by atoms with van der Waals surface area (Å²) in [5.41, 5.74) is 0.853. The lowest BCUT2D eigenvalue weighted by molar-refractivity contribution is -0.185. The molecule has 0 spiro atoms. The second-order valence-corrected chi connectivity index (χ2v) is 11.7. The van der Waals surface area contributed by atoms with Gasteiger partial charge in [0.25, 0.3) is 0 Å². The molecular weight excluding hydrogens is 585 g/mol. The van der Waals surface area contributed by atoms with Crippen molar-refractivity contribution in [1.82, 2.24) is 19.4 Å². The van der Waals surface area contributed by atoms with Crippen molar-refractivity contribution in [2.45, 2.75) is 25.4 Å². The van der Waals surface area contributed by atoms with Crippen molar-refractivity contribution in [3.8, 4) is 17.0 Å². The number of morpholine rings is 1. The third-order valence-electron chi connectivity index (χ3n) is 7.36. The quantitative estimate of drug-likeness (QED) is 0.208. The second kappa shape index (κ2) is 11.5. The molecule has 6 rings (SSSR count). The maximum atomic E-state index is 13.3. The summed E-state index contributed by atoms with van der Waals surface area (Å²) in [6, 6.07) is 13.5. The zero-order chi connectivity index (χ0) is 30.2. The number of benzene rings is 2. The molecule has 0 saturated carbocycles. The summed E-state index contributed by atoms with van der Waals surface area (Å²) in [5.74, 6) is 0.271. The third kappa shape index (κ3) is 6.17. The van der Waals surface area contributed by atoms with Gasteiger partial charge in [-0.3, -0.25) is 14.6 Å². The number of fused-ring (bicyclic) bond motifs is 3. The Morgan fingerprint density at radius 1 is 1.07 bits per heavy atom. The van der Waals surface area contributed by atoms with Gasteiger partial charge in [-0.15, -0.1) is 0 Å². The van der Waals surface area contributed by atoms with Crippen LogP contribution in [0, 0.1) is 0 Å². The molecule has 1 aliphatic heterocycles. The number of nitrogens with zero attached hydrogens (tertiary/aromatic N) is 4. The third-order valence-corrected chi connectivity index (χ3v) is 8.40. The standard InChI is InChI=1S/C29H29F3N6O4S/c1-28(2,29(30,31)32)24-16-25(36-42-24)35-26(39)33-19-5-3-18(4-6-19)21-17-38-22-15-20(7-8-23(22)43-27(38)34-21)41-14-11-37-9-12-40-13-10-37/h3-8,15-17H,9-14H2,1-2H3,(H2,33,35,36,39). The fraction of sp³-hybridized carbons (Fsp3) is 0.345. The Morgan fingerprint density at radius 3 is 2.58 bits per heavy atom. The van der Waals surface area contributed by atoms with Crippen LogP contribution < -0.4 is 15.4 Å². The van der Waals surface area contributed by atoms with Gasteiger partial charge in [0, 0.05) is 49.2 Å². The number of imidazole rings is 1. The number of aromatic nitrogens is 3. The average molecular weight is 615 g/mol. The Morgan fingerprint density at radius 2 is 1.84 bits per heavy atom. The first-order valence-electron chi connectivity index (χ1n) is 13.6. The molecule has 2 N–H and O–H groups in total. The molecule has 0 bridgehead atoms. The van der Waals surface area contributed by atoms with Gasteiger partial charge in [0.1, 0.15) is 17.8 Å². The van der Waals surface area contributed by atoms with Gasteiger partial charge in [-0.05, 0) is 38.1 Å². The van der Waals surface area contributed by atoms with Gasteiger partial charge in [0.15, 0.2) is 16.5 Å². The van der Waals surface area contributed by atoms with E-state index in [-0.39, 0.29) is 5.82 Å². The summed E-state index contributed by atoms with van der Waals surface area (Å²) >= 11 is 1.58. The number of alkyl halides is 3. The number of urea groups is 1. The molecule has 0 unspecified atom stereocenters. The fourth-order valence-corrected chi connectivity index (χ4v) is 5.58. The molecule has 1 saturated heterocycles. The highest BCUT2D eigenvalue weighted by Gasteiger charge is 2.51. The summed E-state index contributed by atoms with van der Waals surface area (Å²) in [7, 11) is 0. The molecule has 0 atom stereocenters. The minimum absolute atomic E-state index is 0.127. The highest BCUT2D eigenvalue weighted by atomic mass is 32.1. The van der Waals surface area contributed by atoms with Crippen molar-refractivity contribution in [3.63, 3.8) is 0 Å². The number of rotatable bonds is 8. The van der Waals surface area contributed by atoms with Gasteiger partial charge in [-0.1, -0.05) is 28.6 Å². The van der Waals surface area contributed by atoms with Crippen LogP contribution in [0.15, 0.2) is 59.3 Å². The number of hydrogen-bond acceptors (Lipinski definition) is 8. The summed E-state index contributed by atoms with van der Waals surface area (Å²) in [4.78, 5) is 20.4. The SMILES string of the molecule is CC(C)(c1cc(NC(=O)Nc2ccc(-c3cn4c(n3)sc3ccc(OCCN5CCOCC5)cc34)cc2)no1)C(F)(F)F. The molecule has 0 aliphatic carbocycles. The van der Waals surface area contributed by atoms with Crippen LogP contribution >= 0.6 is 11.3 Å². The summed E-state index contributed by atoms with van der Waals surface area (Å²) in [6.45, 7) is 6.77. The largest absolute Gasteiger partial charge is 0.492 e. The molecule has 43 heavy (non-hydrogen) atoms. The molecule has 1 aliphatic rings. The van der Waals surface area contributed by atoms with E-state index >= 15 is 0 Å². The molecule has 226 valence electrons. The zero-order valence-electron chi connectivity index (χ0n) is 23.4. The van der Waals surface area contributed by atoms with Gasteiger partial charge in [-0.2, -0.15) is 13.2 Å². The first-order chi connectivity index (χ1) is 20.6. The predicted octanol–water partition coefficient (Wildman–Crippen LogP) is 6.40. The number of anilines is 2. The van der Waals surface area contributed by atoms with Gasteiger partial charge < -0.3 is 19.3 Å². The molecule has 1 fully saturated rings. The molecule has 14 heteroatoms. The van der Waals surface area contributed by atoms with Crippen LogP contribution in [0.25, 0.3) is 26.4 Å². The number of carbonyl (C=O) groups excluding carboxylic acids is 1. The Balaban J connectivity index is 1.09. The fourth-order valence-electron chi connectivity index (χ4n) is 4.60. The number of nitrogens with one attached hydrogen (secondary N) is 2. The normalized spacial score (nSPS) is 14.8. The molecule has 5 aromatic rings. The van der Waals surface area contributed by atoms with Crippen LogP contribution in [0.1, 0.15) is 19.6 Å². The van der Waals surface area contributed by atoms with Crippen molar-refractivity contribution in [2.75, 3.05) is 50.1 Å². The van der Waals surface area contributed by atoms with E-state index in [1.807, 2.05) is 40.9 Å². The van der Waals surface area contributed by atoms with Crippen molar-refractivity contribution < 1.29 is 32.0 Å². The van der Waals surface area contributed by atoms with Gasteiger partial charge in [0.05, 0.1) is 29.1 Å². The number of carbonyl (C=O) groups is 1. The van der Waals surface area contributed by atoms with Crippen LogP contribution in [-0.4, -0.2) is 71.1 Å². The average Bonchev–Trinajstić information content (AvgIpc) is 3.69. The summed E-state index contributed by atoms with van der Waals surface area (Å²) < 4.78 is 59.2. The number of hydrogen-bond donors (Lipinski definition) is 2. The van der Waals surface area contributed by atoms with E-state index in [4.69, 9.17) is 19.0 Å². The number of thiazole rings is 1. The molecular formula is C29H29F3N6O4S. The van der Waals surface area contributed by atoms with Crippen molar-refractivity contribution >= 4 is 44.1 Å². The highest BCUT2D eigenvalue weighted by Crippen LogP contribution is 2.41. The van der Waals surface area contributed by atoms with E-state index in [0.29, 0.717) is 12.3 Å². The van der Waals surface area contributed by atoms with Gasteiger partial charge >= 0.3 is 12.2 Å². The molecule has 3 aromatic heterocycles. The first kappa shape index (κ1) is 29.0. The van der Waals surface area contributed by atoms with Crippen LogP contribution in [0.3, 0.4) is 0 Å². The summed E-state index contributed by atoms with van der Waals surface area (Å²) in [5, 5.41) is 8.57. The first-order valence-corrected chi connectivity index (χ1v) is 14.5. The minimum Gasteiger partial charge on any atom is -0.492 e. The van der Waals surface area contributed by atoms with Crippen LogP contribution in [0.4, 0.5) is 29.5 Å². The molecule has 2 amide bonds. The van der Waals surface area contributed by atoms with E-state index in [9.17, 15) is 18.0 Å². The highest BCUT2D eigenvalue weighted by molar-refractivity contribution is 7.23. The van der Waals surface area contributed by atoms with Crippen LogP contribution in [0.2, 0.25) is 0 Å². The van der Waals surface area contributed by atoms with Crippen molar-refractivity contribution in [3.05, 3.63) is 60.5 Å². The smallest absolute Gasteiger partial charge is 0.401 e. The Bertz CT molecular complexity index is 1740. The Hall–Kier alpha value is -4.14. The topological polar surface area (TPSA) is 106 Å². The Labute approximate surface area is 248 Å². The number of halogens is 3. The number of amides is 2. The maximum absolute atomic E-state index is 13.3. The van der Waals surface area contributed by atoms with E-state index in [2.05, 4.69) is 20.7 Å². The maximum Gasteiger partial charge on any atom is 0.401 e. The van der Waals surface area contributed by atoms with E-state index in [1.165, 1.54) is 0 Å². The van der Waals surface area contributed by atoms with E-state index in [1.54, 1.807) is 23.5 Å². The van der Waals surface area contributed by atoms with Crippen molar-refractivity contribution in [2.24, 2.45) is 0 Å². The second-order valence-electron chi connectivity index (χ2n) is 10.7. The minimum atomic E-state index is -4.54.